The number of aromatic nitrogens is 3. The molecule has 1 heterocycles. The van der Waals surface area contributed by atoms with E-state index in [1.165, 1.54) is 11.8 Å². The van der Waals surface area contributed by atoms with Crippen LogP contribution < -0.4 is 11.1 Å². The van der Waals surface area contributed by atoms with E-state index in [0.717, 1.165) is 11.3 Å². The van der Waals surface area contributed by atoms with Gasteiger partial charge >= 0.3 is 0 Å². The summed E-state index contributed by atoms with van der Waals surface area (Å²) < 4.78 is 1.86. The zero-order chi connectivity index (χ0) is 18.5. The van der Waals surface area contributed by atoms with Crippen LogP contribution in [0.25, 0.3) is 5.69 Å². The van der Waals surface area contributed by atoms with Crippen LogP contribution in [0.15, 0.2) is 60.0 Å². The fraction of sp³-hybridized carbons (Fsp3) is 0.111. The van der Waals surface area contributed by atoms with Gasteiger partial charge in [-0.3, -0.25) is 14.2 Å². The Morgan fingerprint density at radius 1 is 1.15 bits per heavy atom. The number of carbonyl (C=O) groups excluding carboxylic acids is 2. The average molecular weight is 367 g/mol. The minimum Gasteiger partial charge on any atom is -0.366 e. The molecule has 0 saturated carbocycles. The Labute approximate surface area is 154 Å². The highest BCUT2D eigenvalue weighted by Crippen LogP contribution is 2.22. The lowest BCUT2D eigenvalue weighted by Gasteiger charge is -2.09. The lowest BCUT2D eigenvalue weighted by molar-refractivity contribution is -0.113. The zero-order valence-electron chi connectivity index (χ0n) is 14.0. The molecule has 0 aliphatic heterocycles. The van der Waals surface area contributed by atoms with Gasteiger partial charge in [0, 0.05) is 11.3 Å². The van der Waals surface area contributed by atoms with Gasteiger partial charge in [-0.2, -0.15) is 0 Å². The molecule has 3 aromatic rings. The fourth-order valence-corrected chi connectivity index (χ4v) is 3.09. The van der Waals surface area contributed by atoms with Gasteiger partial charge in [-0.1, -0.05) is 30.0 Å². The predicted molar refractivity (Wildman–Crippen MR) is 100 cm³/mol. The van der Waals surface area contributed by atoms with Crippen molar-refractivity contribution in [3.05, 3.63) is 66.0 Å². The number of rotatable bonds is 6. The Kier molecular flexibility index (Phi) is 5.33. The zero-order valence-corrected chi connectivity index (χ0v) is 14.9. The first-order chi connectivity index (χ1) is 12.5. The molecule has 0 atom stereocenters. The van der Waals surface area contributed by atoms with Crippen molar-refractivity contribution in [1.82, 2.24) is 14.8 Å². The molecule has 0 saturated heterocycles. The fourth-order valence-electron chi connectivity index (χ4n) is 2.37. The molecule has 0 spiro atoms. The van der Waals surface area contributed by atoms with E-state index in [9.17, 15) is 9.59 Å². The number of thioether (sulfide) groups is 1. The number of nitrogens with one attached hydrogen (secondary N) is 1. The summed E-state index contributed by atoms with van der Waals surface area (Å²) >= 11 is 1.30. The molecule has 7 nitrogen and oxygen atoms in total. The van der Waals surface area contributed by atoms with Gasteiger partial charge < -0.3 is 11.1 Å². The minimum absolute atomic E-state index is 0.179. The molecule has 2 amide bonds. The van der Waals surface area contributed by atoms with Gasteiger partial charge in [0.25, 0.3) is 0 Å². The van der Waals surface area contributed by atoms with E-state index in [1.807, 2.05) is 35.8 Å². The summed E-state index contributed by atoms with van der Waals surface area (Å²) in [4.78, 5) is 23.2. The van der Waals surface area contributed by atoms with Crippen LogP contribution in [0.1, 0.15) is 15.9 Å². The number of carbonyl (C=O) groups is 2. The number of benzene rings is 2. The predicted octanol–water partition coefficient (Wildman–Crippen LogP) is 2.41. The van der Waals surface area contributed by atoms with Crippen LogP contribution in [0.5, 0.6) is 0 Å². The highest BCUT2D eigenvalue weighted by Gasteiger charge is 2.11. The average Bonchev–Trinajstić information content (AvgIpc) is 3.09. The summed E-state index contributed by atoms with van der Waals surface area (Å²) in [6.45, 7) is 2.01. The van der Waals surface area contributed by atoms with Crippen LogP contribution in [0.3, 0.4) is 0 Å². The van der Waals surface area contributed by atoms with Crippen molar-refractivity contribution in [1.29, 1.82) is 0 Å². The molecule has 0 unspecified atom stereocenters. The van der Waals surface area contributed by atoms with Crippen molar-refractivity contribution >= 4 is 29.3 Å². The highest BCUT2D eigenvalue weighted by molar-refractivity contribution is 7.99. The molecule has 26 heavy (non-hydrogen) atoms. The summed E-state index contributed by atoms with van der Waals surface area (Å²) in [7, 11) is 0. The van der Waals surface area contributed by atoms with Crippen molar-refractivity contribution in [3.8, 4) is 5.69 Å². The number of primary amides is 1. The number of aryl methyl sites for hydroxylation is 1. The third-order valence-electron chi connectivity index (χ3n) is 3.68. The molecule has 2 aromatic carbocycles. The molecule has 0 fully saturated rings. The third kappa shape index (κ3) is 4.09. The number of nitrogens with zero attached hydrogens (tertiary/aromatic N) is 3. The molecule has 1 aromatic heterocycles. The maximum absolute atomic E-state index is 12.2. The number of hydrogen-bond donors (Lipinski definition) is 2. The van der Waals surface area contributed by atoms with Crippen LogP contribution in [0.4, 0.5) is 5.69 Å². The van der Waals surface area contributed by atoms with Gasteiger partial charge in [-0.15, -0.1) is 10.2 Å². The second-order valence-electron chi connectivity index (χ2n) is 5.55. The molecule has 0 aliphatic carbocycles. The lowest BCUT2D eigenvalue weighted by atomic mass is 10.2. The largest absolute Gasteiger partial charge is 0.366 e. The van der Waals surface area contributed by atoms with Gasteiger partial charge in [0.1, 0.15) is 6.33 Å². The second-order valence-corrected chi connectivity index (χ2v) is 6.49. The molecular formula is C18H17N5O2S. The Balaban J connectivity index is 1.63. The van der Waals surface area contributed by atoms with E-state index in [0.29, 0.717) is 16.4 Å². The van der Waals surface area contributed by atoms with Gasteiger partial charge in [0.15, 0.2) is 5.16 Å². The van der Waals surface area contributed by atoms with Crippen LogP contribution in [0.2, 0.25) is 0 Å². The monoisotopic (exact) mass is 367 g/mol. The summed E-state index contributed by atoms with van der Waals surface area (Å²) in [5.74, 6) is -0.502. The third-order valence-corrected chi connectivity index (χ3v) is 4.62. The molecule has 0 radical (unpaired) electrons. The standard InChI is InChI=1S/C18H17N5O2S/c1-12-4-2-3-5-15(12)23-11-20-22-18(23)26-10-16(24)21-14-8-6-13(7-9-14)17(19)25/h2-9,11H,10H2,1H3,(H2,19,25)(H,21,24). The molecule has 8 heteroatoms. The smallest absolute Gasteiger partial charge is 0.248 e. The molecular weight excluding hydrogens is 350 g/mol. The van der Waals surface area contributed by atoms with E-state index in [1.54, 1.807) is 30.6 Å². The van der Waals surface area contributed by atoms with Gasteiger partial charge in [0.05, 0.1) is 11.4 Å². The number of para-hydroxylation sites is 1. The first-order valence-electron chi connectivity index (χ1n) is 7.83. The Morgan fingerprint density at radius 3 is 2.58 bits per heavy atom. The van der Waals surface area contributed by atoms with E-state index in [4.69, 9.17) is 5.73 Å². The molecule has 3 N–H and O–H groups in total. The van der Waals surface area contributed by atoms with Crippen LogP contribution in [-0.2, 0) is 4.79 Å². The van der Waals surface area contributed by atoms with Crippen molar-refractivity contribution in [2.45, 2.75) is 12.1 Å². The van der Waals surface area contributed by atoms with E-state index < -0.39 is 5.91 Å². The van der Waals surface area contributed by atoms with Gasteiger partial charge in [-0.05, 0) is 42.8 Å². The quantitative estimate of drug-likeness (QED) is 0.651. The van der Waals surface area contributed by atoms with Gasteiger partial charge in [0.2, 0.25) is 11.8 Å². The summed E-state index contributed by atoms with van der Waals surface area (Å²) in [6.07, 6.45) is 1.63. The SMILES string of the molecule is Cc1ccccc1-n1cnnc1SCC(=O)Nc1ccc(C(N)=O)cc1. The topological polar surface area (TPSA) is 103 Å². The summed E-state index contributed by atoms with van der Waals surface area (Å²) in [5, 5.41) is 11.4. The van der Waals surface area contributed by atoms with Gasteiger partial charge in [-0.25, -0.2) is 0 Å². The van der Waals surface area contributed by atoms with E-state index >= 15 is 0 Å². The van der Waals surface area contributed by atoms with Crippen molar-refractivity contribution < 1.29 is 9.59 Å². The number of amides is 2. The molecule has 3 rings (SSSR count). The van der Waals surface area contributed by atoms with Crippen LogP contribution in [0, 0.1) is 6.92 Å². The lowest BCUT2D eigenvalue weighted by Crippen LogP contribution is -2.15. The highest BCUT2D eigenvalue weighted by atomic mass is 32.2. The van der Waals surface area contributed by atoms with E-state index in [2.05, 4.69) is 15.5 Å². The Bertz CT molecular complexity index is 937. The van der Waals surface area contributed by atoms with Crippen LogP contribution >= 0.6 is 11.8 Å². The number of hydrogen-bond acceptors (Lipinski definition) is 5. The molecule has 0 bridgehead atoms. The number of anilines is 1. The maximum atomic E-state index is 12.2. The normalized spacial score (nSPS) is 10.5. The van der Waals surface area contributed by atoms with Crippen molar-refractivity contribution in [2.75, 3.05) is 11.1 Å². The van der Waals surface area contributed by atoms with Crippen LogP contribution in [-0.4, -0.2) is 32.3 Å². The number of nitrogens with two attached hydrogens (primary N) is 1. The second kappa shape index (κ2) is 7.83. The Morgan fingerprint density at radius 2 is 1.88 bits per heavy atom. The first kappa shape index (κ1) is 17.7. The maximum Gasteiger partial charge on any atom is 0.248 e. The molecule has 0 aliphatic rings. The summed E-state index contributed by atoms with van der Waals surface area (Å²) in [6, 6.07) is 14.3. The van der Waals surface area contributed by atoms with Crippen molar-refractivity contribution in [3.63, 3.8) is 0 Å². The Hall–Kier alpha value is -3.13. The minimum atomic E-state index is -0.506. The van der Waals surface area contributed by atoms with Crippen molar-refractivity contribution in [2.24, 2.45) is 5.73 Å². The first-order valence-corrected chi connectivity index (χ1v) is 8.81. The van der Waals surface area contributed by atoms with E-state index in [-0.39, 0.29) is 11.7 Å². The summed E-state index contributed by atoms with van der Waals surface area (Å²) in [5.41, 5.74) is 8.25. The molecule has 132 valence electrons.